The van der Waals surface area contributed by atoms with Crippen LogP contribution < -0.4 is 4.74 Å². The lowest BCUT2D eigenvalue weighted by molar-refractivity contribution is -0.0655. The van der Waals surface area contributed by atoms with Gasteiger partial charge in [0.05, 0.1) is 29.5 Å². The SMILES string of the molecule is COc1ncnc2c1c(C)nn2[C@@H]1O[C@H](COC(=O)c2ccccc2)[C@@H](OC(=O)c2ccccc2)[C@H]1OC(=O)c1ccccc1. The average Bonchev–Trinajstić information content (AvgIpc) is 3.60. The highest BCUT2D eigenvalue weighted by molar-refractivity contribution is 5.91. The summed E-state index contributed by atoms with van der Waals surface area (Å²) in [6.45, 7) is 1.42. The summed E-state index contributed by atoms with van der Waals surface area (Å²) in [5.74, 6) is -1.68. The van der Waals surface area contributed by atoms with E-state index in [1.54, 1.807) is 97.9 Å². The number of carbonyl (C=O) groups excluding carboxylic acids is 3. The van der Waals surface area contributed by atoms with E-state index in [1.807, 2.05) is 0 Å². The highest BCUT2D eigenvalue weighted by atomic mass is 16.7. The third-order valence-corrected chi connectivity index (χ3v) is 7.24. The van der Waals surface area contributed by atoms with Crippen LogP contribution in [0.25, 0.3) is 11.0 Å². The van der Waals surface area contributed by atoms with Gasteiger partial charge in [0.1, 0.15) is 24.4 Å². The van der Waals surface area contributed by atoms with E-state index in [0.717, 1.165) is 0 Å². The molecule has 1 aliphatic rings. The number of hydrogen-bond donors (Lipinski definition) is 0. The third-order valence-electron chi connectivity index (χ3n) is 7.24. The molecule has 0 amide bonds. The lowest BCUT2D eigenvalue weighted by Gasteiger charge is -2.24. The molecule has 0 saturated carbocycles. The molecule has 12 nitrogen and oxygen atoms in total. The molecule has 5 aromatic rings. The quantitative estimate of drug-likeness (QED) is 0.174. The number of fused-ring (bicyclic) bond motifs is 1. The summed E-state index contributed by atoms with van der Waals surface area (Å²) in [6.07, 6.45) is -3.36. The lowest BCUT2D eigenvalue weighted by atomic mass is 10.1. The predicted octanol–water partition coefficient (Wildman–Crippen LogP) is 4.35. The Morgan fingerprint density at radius 1 is 0.756 bits per heavy atom. The van der Waals surface area contributed by atoms with Gasteiger partial charge in [-0.05, 0) is 43.3 Å². The van der Waals surface area contributed by atoms with Crippen LogP contribution in [0, 0.1) is 6.92 Å². The van der Waals surface area contributed by atoms with Crippen LogP contribution in [-0.2, 0) is 18.9 Å². The van der Waals surface area contributed by atoms with Crippen LogP contribution in [0.5, 0.6) is 5.88 Å². The van der Waals surface area contributed by atoms with Crippen molar-refractivity contribution < 1.29 is 38.1 Å². The van der Waals surface area contributed by atoms with Crippen molar-refractivity contribution in [2.75, 3.05) is 13.7 Å². The van der Waals surface area contributed by atoms with Gasteiger partial charge in [-0.1, -0.05) is 54.6 Å². The molecule has 0 unspecified atom stereocenters. The molecule has 3 heterocycles. The molecule has 228 valence electrons. The van der Waals surface area contributed by atoms with Crippen molar-refractivity contribution in [3.63, 3.8) is 0 Å². The lowest BCUT2D eigenvalue weighted by Crippen LogP contribution is -2.41. The Balaban J connectivity index is 1.40. The molecule has 12 heteroatoms. The fraction of sp³-hybridized carbons (Fsp3) is 0.212. The van der Waals surface area contributed by atoms with Crippen molar-refractivity contribution in [1.82, 2.24) is 19.7 Å². The molecular weight excluding hydrogens is 580 g/mol. The third kappa shape index (κ3) is 6.08. The van der Waals surface area contributed by atoms with Crippen molar-refractivity contribution in [3.05, 3.63) is 120 Å². The van der Waals surface area contributed by atoms with Gasteiger partial charge in [-0.25, -0.2) is 29.0 Å². The maximum atomic E-state index is 13.4. The first kappa shape index (κ1) is 29.5. The monoisotopic (exact) mass is 608 g/mol. The minimum Gasteiger partial charge on any atom is -0.480 e. The number of methoxy groups -OCH3 is 1. The number of nitrogens with zero attached hydrogens (tertiary/aromatic N) is 4. The summed E-state index contributed by atoms with van der Waals surface area (Å²) in [5, 5.41) is 5.15. The van der Waals surface area contributed by atoms with E-state index >= 15 is 0 Å². The Labute approximate surface area is 257 Å². The van der Waals surface area contributed by atoms with Crippen LogP contribution in [0.2, 0.25) is 0 Å². The van der Waals surface area contributed by atoms with Gasteiger partial charge in [0, 0.05) is 0 Å². The van der Waals surface area contributed by atoms with E-state index in [-0.39, 0.29) is 17.7 Å². The van der Waals surface area contributed by atoms with E-state index in [0.29, 0.717) is 28.2 Å². The molecule has 6 rings (SSSR count). The van der Waals surface area contributed by atoms with Gasteiger partial charge in [-0.15, -0.1) is 0 Å². The number of rotatable bonds is 9. The first-order chi connectivity index (χ1) is 21.9. The van der Waals surface area contributed by atoms with Crippen LogP contribution in [0.1, 0.15) is 43.0 Å². The summed E-state index contributed by atoms with van der Waals surface area (Å²) >= 11 is 0. The van der Waals surface area contributed by atoms with Gasteiger partial charge in [0.25, 0.3) is 0 Å². The first-order valence-corrected chi connectivity index (χ1v) is 14.1. The Hall–Kier alpha value is -5.62. The van der Waals surface area contributed by atoms with Gasteiger partial charge >= 0.3 is 17.9 Å². The molecule has 1 saturated heterocycles. The Morgan fingerprint density at radius 3 is 1.84 bits per heavy atom. The molecule has 2 aromatic heterocycles. The fourth-order valence-corrected chi connectivity index (χ4v) is 5.10. The van der Waals surface area contributed by atoms with Crippen LogP contribution in [0.3, 0.4) is 0 Å². The highest BCUT2D eigenvalue weighted by Gasteiger charge is 2.52. The second kappa shape index (κ2) is 12.9. The molecule has 0 spiro atoms. The zero-order valence-corrected chi connectivity index (χ0v) is 24.3. The predicted molar refractivity (Wildman–Crippen MR) is 159 cm³/mol. The van der Waals surface area contributed by atoms with Crippen molar-refractivity contribution in [3.8, 4) is 5.88 Å². The molecule has 1 fully saturated rings. The second-order valence-electron chi connectivity index (χ2n) is 10.1. The molecule has 0 bridgehead atoms. The van der Waals surface area contributed by atoms with Crippen molar-refractivity contribution in [2.24, 2.45) is 0 Å². The average molecular weight is 609 g/mol. The summed E-state index contributed by atoms with van der Waals surface area (Å²) in [5.41, 5.74) is 1.73. The number of aryl methyl sites for hydroxylation is 1. The minimum atomic E-state index is -1.24. The van der Waals surface area contributed by atoms with E-state index < -0.39 is 42.4 Å². The Morgan fingerprint density at radius 2 is 1.29 bits per heavy atom. The number of hydrogen-bond acceptors (Lipinski definition) is 11. The second-order valence-corrected chi connectivity index (χ2v) is 10.1. The smallest absolute Gasteiger partial charge is 0.338 e. The first-order valence-electron chi connectivity index (χ1n) is 14.1. The van der Waals surface area contributed by atoms with E-state index in [2.05, 4.69) is 15.1 Å². The summed E-state index contributed by atoms with van der Waals surface area (Å²) in [4.78, 5) is 48.2. The normalized spacial score (nSPS) is 19.2. The molecule has 0 aliphatic carbocycles. The van der Waals surface area contributed by atoms with Crippen LogP contribution in [0.15, 0.2) is 97.3 Å². The molecule has 3 aromatic carbocycles. The Kier molecular flexibility index (Phi) is 8.47. The van der Waals surface area contributed by atoms with Crippen LogP contribution >= 0.6 is 0 Å². The van der Waals surface area contributed by atoms with Crippen molar-refractivity contribution >= 4 is 28.9 Å². The molecule has 0 radical (unpaired) electrons. The molecule has 45 heavy (non-hydrogen) atoms. The minimum absolute atomic E-state index is 0.270. The van der Waals surface area contributed by atoms with E-state index in [1.165, 1.54) is 18.1 Å². The molecule has 1 aliphatic heterocycles. The number of aromatic nitrogens is 4. The zero-order valence-electron chi connectivity index (χ0n) is 24.3. The zero-order chi connectivity index (χ0) is 31.3. The van der Waals surface area contributed by atoms with E-state index in [9.17, 15) is 14.4 Å². The molecular formula is C33H28N4O8. The molecule has 0 N–H and O–H groups in total. The van der Waals surface area contributed by atoms with Crippen LogP contribution in [-0.4, -0.2) is 69.7 Å². The van der Waals surface area contributed by atoms with Gasteiger partial charge in [-0.2, -0.15) is 5.10 Å². The maximum Gasteiger partial charge on any atom is 0.338 e. The number of carbonyl (C=O) groups is 3. The van der Waals surface area contributed by atoms with Gasteiger partial charge in [-0.3, -0.25) is 0 Å². The topological polar surface area (TPSA) is 141 Å². The van der Waals surface area contributed by atoms with Gasteiger partial charge in [0.2, 0.25) is 5.88 Å². The molecule has 4 atom stereocenters. The van der Waals surface area contributed by atoms with Gasteiger partial charge in [0.15, 0.2) is 24.1 Å². The van der Waals surface area contributed by atoms with Gasteiger partial charge < -0.3 is 23.7 Å². The van der Waals surface area contributed by atoms with Crippen molar-refractivity contribution in [2.45, 2.75) is 31.5 Å². The van der Waals surface area contributed by atoms with Crippen molar-refractivity contribution in [1.29, 1.82) is 0 Å². The summed E-state index contributed by atoms with van der Waals surface area (Å²) < 4.78 is 30.9. The largest absolute Gasteiger partial charge is 0.480 e. The highest BCUT2D eigenvalue weighted by Crippen LogP contribution is 2.38. The maximum absolute atomic E-state index is 13.4. The number of ether oxygens (including phenoxy) is 5. The van der Waals surface area contributed by atoms with Crippen LogP contribution in [0.4, 0.5) is 0 Å². The summed E-state index contributed by atoms with van der Waals surface area (Å²) in [6, 6.07) is 25.2. The fourth-order valence-electron chi connectivity index (χ4n) is 5.10. The Bertz CT molecular complexity index is 1810. The number of esters is 3. The van der Waals surface area contributed by atoms with E-state index in [4.69, 9.17) is 23.7 Å². The summed E-state index contributed by atoms with van der Waals surface area (Å²) in [7, 11) is 1.48. The standard InChI is InChI=1S/C33H28N4O8/c1-20-25-28(34-19-35-29(25)41-2)37(36-20)30-27(45-33(40)23-16-10-5-11-17-23)26(44-32(39)22-14-8-4-9-15-22)24(43-30)18-42-31(38)21-12-6-3-7-13-21/h3-17,19,24,26-27,30H,18H2,1-2H3/t24-,26-,27-,30-/m1/s1. The number of benzene rings is 3.